The van der Waals surface area contributed by atoms with Gasteiger partial charge in [-0.05, 0) is 17.7 Å². The number of benzene rings is 2. The first-order valence-corrected chi connectivity index (χ1v) is 9.06. The monoisotopic (exact) mass is 366 g/mol. The van der Waals surface area contributed by atoms with E-state index in [1.165, 1.54) is 18.9 Å². The number of pyridine rings is 1. The smallest absolute Gasteiger partial charge is 0.333 e. The Morgan fingerprint density at radius 2 is 1.77 bits per heavy atom. The molecule has 1 N–H and O–H groups in total. The van der Waals surface area contributed by atoms with Crippen LogP contribution in [-0.4, -0.2) is 29.7 Å². The topological polar surface area (TPSA) is 68.3 Å². The first-order valence-electron chi connectivity index (χ1n) is 8.08. The molecule has 1 amide bonds. The number of hydrogen-bond acceptors (Lipinski definition) is 5. The molecule has 0 aliphatic carbocycles. The fraction of sp³-hybridized carbons (Fsp3) is 0.150. The number of methoxy groups -OCH3 is 1. The van der Waals surface area contributed by atoms with E-state index in [-0.39, 0.29) is 11.7 Å². The van der Waals surface area contributed by atoms with Gasteiger partial charge in [0.25, 0.3) is 0 Å². The van der Waals surface area contributed by atoms with Crippen LogP contribution in [0.2, 0.25) is 0 Å². The number of rotatable bonds is 6. The third-order valence-corrected chi connectivity index (χ3v) is 4.73. The van der Waals surface area contributed by atoms with Crippen LogP contribution in [0.25, 0.3) is 10.9 Å². The van der Waals surface area contributed by atoms with Crippen LogP contribution in [0.4, 0.5) is 0 Å². The summed E-state index contributed by atoms with van der Waals surface area (Å²) in [6, 6.07) is 19.9. The van der Waals surface area contributed by atoms with Gasteiger partial charge in [0.1, 0.15) is 0 Å². The first-order chi connectivity index (χ1) is 12.7. The molecule has 0 aliphatic heterocycles. The molecule has 0 spiro atoms. The Morgan fingerprint density at radius 1 is 1.04 bits per heavy atom. The summed E-state index contributed by atoms with van der Waals surface area (Å²) in [5, 5.41) is 4.54. The highest BCUT2D eigenvalue weighted by atomic mass is 32.2. The van der Waals surface area contributed by atoms with Crippen molar-refractivity contribution in [2.75, 3.05) is 12.9 Å². The van der Waals surface area contributed by atoms with Gasteiger partial charge >= 0.3 is 5.97 Å². The lowest BCUT2D eigenvalue weighted by Gasteiger charge is -2.16. The molecule has 1 atom stereocenters. The molecule has 0 unspecified atom stereocenters. The van der Waals surface area contributed by atoms with Gasteiger partial charge in [0, 0.05) is 5.39 Å². The van der Waals surface area contributed by atoms with Crippen molar-refractivity contribution in [1.82, 2.24) is 10.3 Å². The van der Waals surface area contributed by atoms with E-state index < -0.39 is 12.0 Å². The first kappa shape index (κ1) is 17.9. The number of carbonyl (C=O) groups is 2. The quantitative estimate of drug-likeness (QED) is 0.535. The minimum atomic E-state index is -0.820. The highest BCUT2D eigenvalue weighted by Crippen LogP contribution is 2.20. The van der Waals surface area contributed by atoms with Gasteiger partial charge in [-0.1, -0.05) is 66.4 Å². The van der Waals surface area contributed by atoms with Crippen molar-refractivity contribution in [2.45, 2.75) is 11.1 Å². The summed E-state index contributed by atoms with van der Waals surface area (Å²) in [7, 11) is 1.30. The van der Waals surface area contributed by atoms with Gasteiger partial charge in [-0.25, -0.2) is 9.78 Å². The summed E-state index contributed by atoms with van der Waals surface area (Å²) >= 11 is 1.32. The summed E-state index contributed by atoms with van der Waals surface area (Å²) in [4.78, 5) is 28.9. The second-order valence-corrected chi connectivity index (χ2v) is 6.56. The third kappa shape index (κ3) is 4.40. The molecular weight excluding hydrogens is 348 g/mol. The molecule has 0 bridgehead atoms. The predicted molar refractivity (Wildman–Crippen MR) is 102 cm³/mol. The standard InChI is InChI=1S/C20H18N2O3S/c1-25-20(24)19(15-8-3-2-4-9-15)22-17(23)13-26-18-12-11-14-7-5-6-10-16(14)21-18/h2-12,19H,13H2,1H3,(H,22,23)/t19-/m0/s1. The zero-order valence-electron chi connectivity index (χ0n) is 14.2. The van der Waals surface area contributed by atoms with Crippen molar-refractivity contribution in [2.24, 2.45) is 0 Å². The van der Waals surface area contributed by atoms with Crippen molar-refractivity contribution in [3.8, 4) is 0 Å². The van der Waals surface area contributed by atoms with Gasteiger partial charge in [0.15, 0.2) is 6.04 Å². The Bertz CT molecular complexity index is 915. The molecule has 132 valence electrons. The molecule has 5 nitrogen and oxygen atoms in total. The summed E-state index contributed by atoms with van der Waals surface area (Å²) < 4.78 is 4.81. The van der Waals surface area contributed by atoms with E-state index in [1.54, 1.807) is 12.1 Å². The van der Waals surface area contributed by atoms with Crippen LogP contribution >= 0.6 is 11.8 Å². The number of nitrogens with zero attached hydrogens (tertiary/aromatic N) is 1. The van der Waals surface area contributed by atoms with Crippen LogP contribution in [0.15, 0.2) is 71.8 Å². The van der Waals surface area contributed by atoms with E-state index in [1.807, 2.05) is 54.6 Å². The zero-order chi connectivity index (χ0) is 18.4. The van der Waals surface area contributed by atoms with Crippen molar-refractivity contribution in [3.05, 3.63) is 72.3 Å². The average Bonchev–Trinajstić information content (AvgIpc) is 2.70. The molecular formula is C20H18N2O3S. The number of aromatic nitrogens is 1. The summed E-state index contributed by atoms with van der Waals surface area (Å²) in [6.45, 7) is 0. The van der Waals surface area contributed by atoms with Crippen molar-refractivity contribution in [1.29, 1.82) is 0 Å². The van der Waals surface area contributed by atoms with E-state index in [0.717, 1.165) is 15.9 Å². The molecule has 3 aromatic rings. The fourth-order valence-electron chi connectivity index (χ4n) is 2.51. The summed E-state index contributed by atoms with van der Waals surface area (Å²) in [5.41, 5.74) is 1.57. The van der Waals surface area contributed by atoms with Gasteiger partial charge in [0.2, 0.25) is 5.91 Å². The highest BCUT2D eigenvalue weighted by molar-refractivity contribution is 7.99. The number of thioether (sulfide) groups is 1. The minimum absolute atomic E-state index is 0.158. The van der Waals surface area contributed by atoms with Gasteiger partial charge in [-0.3, -0.25) is 4.79 Å². The number of hydrogen-bond donors (Lipinski definition) is 1. The number of carbonyl (C=O) groups excluding carboxylic acids is 2. The fourth-order valence-corrected chi connectivity index (χ4v) is 3.20. The van der Waals surface area contributed by atoms with Crippen molar-refractivity contribution >= 4 is 34.5 Å². The van der Waals surface area contributed by atoms with Crippen molar-refractivity contribution in [3.63, 3.8) is 0 Å². The van der Waals surface area contributed by atoms with E-state index in [0.29, 0.717) is 5.56 Å². The van der Waals surface area contributed by atoms with Gasteiger partial charge < -0.3 is 10.1 Å². The molecule has 3 rings (SSSR count). The molecule has 2 aromatic carbocycles. The number of amides is 1. The van der Waals surface area contributed by atoms with E-state index in [4.69, 9.17) is 4.74 Å². The van der Waals surface area contributed by atoms with Crippen LogP contribution in [-0.2, 0) is 14.3 Å². The molecule has 26 heavy (non-hydrogen) atoms. The maximum atomic E-state index is 12.3. The normalized spacial score (nSPS) is 11.7. The summed E-state index contributed by atoms with van der Waals surface area (Å²) in [6.07, 6.45) is 0. The second kappa shape index (κ2) is 8.49. The molecule has 0 radical (unpaired) electrons. The molecule has 0 aliphatic rings. The number of esters is 1. The van der Waals surface area contributed by atoms with Crippen molar-refractivity contribution < 1.29 is 14.3 Å². The van der Waals surface area contributed by atoms with E-state index in [2.05, 4.69) is 10.3 Å². The van der Waals surface area contributed by atoms with Gasteiger partial charge in [-0.2, -0.15) is 0 Å². The van der Waals surface area contributed by atoms with Crippen LogP contribution in [0.1, 0.15) is 11.6 Å². The highest BCUT2D eigenvalue weighted by Gasteiger charge is 2.23. The molecule has 0 saturated carbocycles. The van der Waals surface area contributed by atoms with Gasteiger partial charge in [0.05, 0.1) is 23.4 Å². The lowest BCUT2D eigenvalue weighted by molar-refractivity contribution is -0.145. The Hall–Kier alpha value is -2.86. The molecule has 0 fully saturated rings. The average molecular weight is 366 g/mol. The third-order valence-electron chi connectivity index (χ3n) is 3.80. The Labute approximate surface area is 155 Å². The van der Waals surface area contributed by atoms with Crippen LogP contribution in [0.3, 0.4) is 0 Å². The largest absolute Gasteiger partial charge is 0.467 e. The number of fused-ring (bicyclic) bond motifs is 1. The van der Waals surface area contributed by atoms with Crippen LogP contribution in [0, 0.1) is 0 Å². The summed E-state index contributed by atoms with van der Waals surface area (Å²) in [5.74, 6) is -0.603. The number of ether oxygens (including phenoxy) is 1. The Kier molecular flexibility index (Phi) is 5.86. The van der Waals surface area contributed by atoms with E-state index in [9.17, 15) is 9.59 Å². The second-order valence-electron chi connectivity index (χ2n) is 5.57. The molecule has 0 saturated heterocycles. The minimum Gasteiger partial charge on any atom is -0.467 e. The van der Waals surface area contributed by atoms with Crippen LogP contribution in [0.5, 0.6) is 0 Å². The Balaban J connectivity index is 1.65. The number of nitrogens with one attached hydrogen (secondary N) is 1. The number of para-hydroxylation sites is 1. The van der Waals surface area contributed by atoms with E-state index >= 15 is 0 Å². The molecule has 1 aromatic heterocycles. The lowest BCUT2D eigenvalue weighted by Crippen LogP contribution is -2.35. The van der Waals surface area contributed by atoms with Crippen LogP contribution < -0.4 is 5.32 Å². The predicted octanol–water partition coefficient (Wildman–Crippen LogP) is 3.36. The lowest BCUT2D eigenvalue weighted by atomic mass is 10.1. The molecule has 6 heteroatoms. The Morgan fingerprint density at radius 3 is 2.54 bits per heavy atom. The zero-order valence-corrected chi connectivity index (χ0v) is 15.0. The van der Waals surface area contributed by atoms with Gasteiger partial charge in [-0.15, -0.1) is 0 Å². The SMILES string of the molecule is COC(=O)[C@@H](NC(=O)CSc1ccc2ccccc2n1)c1ccccc1. The maximum absolute atomic E-state index is 12.3. The molecule has 1 heterocycles. The maximum Gasteiger partial charge on any atom is 0.333 e.